The molecule has 4 rings (SSSR count). The maximum Gasteiger partial charge on any atom is 0.424 e. The first-order valence-electron chi connectivity index (χ1n) is 9.53. The zero-order chi connectivity index (χ0) is 20.2. The number of hydrogen-bond donors (Lipinski definition) is 1. The highest BCUT2D eigenvalue weighted by Crippen LogP contribution is 2.54. The first-order valence-corrected chi connectivity index (χ1v) is 9.53. The van der Waals surface area contributed by atoms with Crippen molar-refractivity contribution in [2.24, 2.45) is 22.7 Å². The van der Waals surface area contributed by atoms with E-state index in [4.69, 9.17) is 9.47 Å². The zero-order valence-electron chi connectivity index (χ0n) is 16.1. The molecule has 28 heavy (non-hydrogen) atoms. The second-order valence-corrected chi connectivity index (χ2v) is 7.70. The van der Waals surface area contributed by atoms with Crippen molar-refractivity contribution >= 4 is 29.7 Å². The van der Waals surface area contributed by atoms with E-state index < -0.39 is 35.3 Å². The van der Waals surface area contributed by atoms with Gasteiger partial charge in [-0.05, 0) is 26.2 Å². The molecular formula is C19H23N3O6. The van der Waals surface area contributed by atoms with Crippen LogP contribution in [0.5, 0.6) is 0 Å². The molecule has 4 atom stereocenters. The fourth-order valence-corrected chi connectivity index (χ4v) is 5.21. The van der Waals surface area contributed by atoms with Gasteiger partial charge in [-0.3, -0.25) is 24.7 Å². The number of nitrogens with zero attached hydrogens (tertiary/aromatic N) is 2. The molecule has 150 valence electrons. The lowest BCUT2D eigenvalue weighted by Crippen LogP contribution is -2.63. The van der Waals surface area contributed by atoms with Crippen molar-refractivity contribution in [3.63, 3.8) is 0 Å². The second kappa shape index (κ2) is 6.51. The molecule has 3 aliphatic heterocycles. The van der Waals surface area contributed by atoms with Crippen molar-refractivity contribution in [1.29, 1.82) is 0 Å². The Bertz CT molecular complexity index is 847. The van der Waals surface area contributed by atoms with E-state index in [1.54, 1.807) is 6.92 Å². The number of imide groups is 2. The molecule has 4 amide bonds. The highest BCUT2D eigenvalue weighted by Gasteiger charge is 2.67. The third-order valence-electron chi connectivity index (χ3n) is 6.40. The minimum atomic E-state index is -1.23. The van der Waals surface area contributed by atoms with E-state index in [1.165, 1.54) is 7.11 Å². The van der Waals surface area contributed by atoms with Crippen molar-refractivity contribution < 1.29 is 28.7 Å². The predicted molar refractivity (Wildman–Crippen MR) is 96.1 cm³/mol. The summed E-state index contributed by atoms with van der Waals surface area (Å²) in [5.41, 5.74) is 0.138. The molecular weight excluding hydrogens is 366 g/mol. The molecule has 0 spiro atoms. The van der Waals surface area contributed by atoms with Crippen LogP contribution >= 0.6 is 0 Å². The van der Waals surface area contributed by atoms with Gasteiger partial charge in [-0.2, -0.15) is 0 Å². The van der Waals surface area contributed by atoms with Crippen LogP contribution in [0.3, 0.4) is 0 Å². The van der Waals surface area contributed by atoms with E-state index in [9.17, 15) is 19.2 Å². The molecule has 0 radical (unpaired) electrons. The van der Waals surface area contributed by atoms with Gasteiger partial charge in [-0.1, -0.05) is 12.5 Å². The summed E-state index contributed by atoms with van der Waals surface area (Å²) in [4.78, 5) is 56.2. The number of methoxy groups -OCH3 is 1. The van der Waals surface area contributed by atoms with Crippen LogP contribution in [-0.4, -0.2) is 60.4 Å². The summed E-state index contributed by atoms with van der Waals surface area (Å²) in [6.07, 6.45) is 0.685. The number of nitrogens with one attached hydrogen (secondary N) is 1. The van der Waals surface area contributed by atoms with Crippen molar-refractivity contribution in [1.82, 2.24) is 10.2 Å². The first-order chi connectivity index (χ1) is 13.4. The monoisotopic (exact) mass is 389 g/mol. The number of fused-ring (bicyclic) bond motifs is 5. The average Bonchev–Trinajstić information content (AvgIpc) is 3.09. The largest absolute Gasteiger partial charge is 0.424 e. The summed E-state index contributed by atoms with van der Waals surface area (Å²) in [6, 6.07) is 0. The number of ether oxygens (including phenoxy) is 2. The predicted octanol–water partition coefficient (Wildman–Crippen LogP) is 0.788. The fourth-order valence-electron chi connectivity index (χ4n) is 5.21. The van der Waals surface area contributed by atoms with Gasteiger partial charge >= 0.3 is 6.09 Å². The van der Waals surface area contributed by atoms with Crippen LogP contribution in [0.1, 0.15) is 33.1 Å². The van der Waals surface area contributed by atoms with E-state index in [0.717, 1.165) is 10.5 Å². The van der Waals surface area contributed by atoms with Crippen molar-refractivity contribution in [3.8, 4) is 0 Å². The van der Waals surface area contributed by atoms with Gasteiger partial charge in [-0.25, -0.2) is 9.69 Å². The van der Waals surface area contributed by atoms with Gasteiger partial charge in [0.1, 0.15) is 5.54 Å². The highest BCUT2D eigenvalue weighted by molar-refractivity contribution is 6.16. The first kappa shape index (κ1) is 18.8. The van der Waals surface area contributed by atoms with Crippen LogP contribution in [0.15, 0.2) is 16.1 Å². The number of aliphatic imine (C=N–C) groups is 1. The lowest BCUT2D eigenvalue weighted by Gasteiger charge is -2.48. The Balaban J connectivity index is 1.90. The number of rotatable bonds is 4. The third kappa shape index (κ3) is 2.32. The minimum Gasteiger partial charge on any atom is -0.393 e. The molecule has 0 aromatic rings. The standard InChI is InChI=1S/C19H23N3O6/c1-4-9-10-5-6-11-12(15(24)21-14(11)23)13(10)19(2)17(20-7-8-27-3)28-18(26)22(19)16(9)25/h11-13H,4-8H2,1-3H3,(H,21,23,24)/t11-,12-,13+,19+/m1/s1. The second-order valence-electron chi connectivity index (χ2n) is 7.70. The Morgan fingerprint density at radius 2 is 2.04 bits per heavy atom. The van der Waals surface area contributed by atoms with E-state index in [1.807, 2.05) is 6.92 Å². The molecule has 0 aromatic carbocycles. The normalized spacial score (nSPS) is 35.8. The molecule has 0 bridgehead atoms. The maximum atomic E-state index is 13.1. The minimum absolute atomic E-state index is 0.105. The van der Waals surface area contributed by atoms with E-state index in [-0.39, 0.29) is 24.3 Å². The summed E-state index contributed by atoms with van der Waals surface area (Å²) in [5, 5.41) is 2.42. The van der Waals surface area contributed by atoms with Crippen LogP contribution in [0, 0.1) is 17.8 Å². The van der Waals surface area contributed by atoms with E-state index in [0.29, 0.717) is 31.4 Å². The summed E-state index contributed by atoms with van der Waals surface area (Å²) < 4.78 is 10.4. The Hall–Kier alpha value is -2.55. The summed E-state index contributed by atoms with van der Waals surface area (Å²) in [5.74, 6) is -2.60. The van der Waals surface area contributed by atoms with Gasteiger partial charge in [0.15, 0.2) is 0 Å². The number of amides is 4. The Morgan fingerprint density at radius 3 is 2.71 bits per heavy atom. The SMILES string of the molecule is CCC1=C2CC[C@H]3C(=O)NC(=O)[C@H]3[C@H]2[C@@]2(C)C(=NCCOC)OC(=O)N2C1=O. The van der Waals surface area contributed by atoms with Crippen LogP contribution in [0.25, 0.3) is 0 Å². The Labute approximate surface area is 162 Å². The van der Waals surface area contributed by atoms with Crippen molar-refractivity contribution in [2.45, 2.75) is 38.6 Å². The topological polar surface area (TPSA) is 114 Å². The van der Waals surface area contributed by atoms with E-state index >= 15 is 0 Å². The smallest absolute Gasteiger partial charge is 0.393 e. The third-order valence-corrected chi connectivity index (χ3v) is 6.40. The van der Waals surface area contributed by atoms with E-state index in [2.05, 4.69) is 10.3 Å². The molecule has 9 nitrogen and oxygen atoms in total. The number of carbonyl (C=O) groups excluding carboxylic acids is 4. The van der Waals surface area contributed by atoms with Gasteiger partial charge in [0.2, 0.25) is 17.7 Å². The van der Waals surface area contributed by atoms with Gasteiger partial charge < -0.3 is 9.47 Å². The molecule has 1 N–H and O–H groups in total. The number of hydrogen-bond acceptors (Lipinski definition) is 7. The molecule has 4 aliphatic rings. The zero-order valence-corrected chi connectivity index (χ0v) is 16.1. The summed E-state index contributed by atoms with van der Waals surface area (Å²) >= 11 is 0. The van der Waals surface area contributed by atoms with Crippen LogP contribution in [0.2, 0.25) is 0 Å². The highest BCUT2D eigenvalue weighted by atomic mass is 16.6. The maximum absolute atomic E-state index is 13.1. The number of cyclic esters (lactones) is 1. The summed E-state index contributed by atoms with van der Waals surface area (Å²) in [7, 11) is 1.54. The molecule has 2 saturated heterocycles. The molecule has 1 aliphatic carbocycles. The van der Waals surface area contributed by atoms with Gasteiger partial charge in [0.05, 0.1) is 25.0 Å². The van der Waals surface area contributed by atoms with Crippen molar-refractivity contribution in [2.75, 3.05) is 20.3 Å². The lowest BCUT2D eigenvalue weighted by molar-refractivity contribution is -0.133. The molecule has 3 fully saturated rings. The van der Waals surface area contributed by atoms with Crippen LogP contribution in [-0.2, 0) is 23.9 Å². The molecule has 1 saturated carbocycles. The lowest BCUT2D eigenvalue weighted by atomic mass is 9.59. The Morgan fingerprint density at radius 1 is 1.29 bits per heavy atom. The number of carbonyl (C=O) groups is 4. The average molecular weight is 389 g/mol. The molecule has 9 heteroatoms. The van der Waals surface area contributed by atoms with Gasteiger partial charge in [0.25, 0.3) is 5.91 Å². The molecule has 0 unspecified atom stereocenters. The fraction of sp³-hybridized carbons (Fsp3) is 0.632. The quantitative estimate of drug-likeness (QED) is 0.562. The van der Waals surface area contributed by atoms with Crippen molar-refractivity contribution in [3.05, 3.63) is 11.1 Å². The van der Waals surface area contributed by atoms with Crippen LogP contribution in [0.4, 0.5) is 4.79 Å². The molecule has 0 aromatic heterocycles. The molecule has 3 heterocycles. The van der Waals surface area contributed by atoms with Gasteiger partial charge in [0, 0.05) is 18.6 Å². The van der Waals surface area contributed by atoms with Crippen LogP contribution < -0.4 is 5.32 Å². The Kier molecular flexibility index (Phi) is 4.37. The summed E-state index contributed by atoms with van der Waals surface area (Å²) in [6.45, 7) is 4.13. The van der Waals surface area contributed by atoms with Gasteiger partial charge in [-0.15, -0.1) is 0 Å².